The molecule has 0 aromatic carbocycles. The highest BCUT2D eigenvalue weighted by molar-refractivity contribution is 5.87. The van der Waals surface area contributed by atoms with E-state index in [1.165, 1.54) is 6.92 Å². The quantitative estimate of drug-likeness (QED) is 0.264. The van der Waals surface area contributed by atoms with Gasteiger partial charge in [-0.2, -0.15) is 0 Å². The fourth-order valence-corrected chi connectivity index (χ4v) is 0.283. The molecule has 0 spiro atoms. The third kappa shape index (κ3) is 3.69. The second-order valence-electron chi connectivity index (χ2n) is 1.55. The third-order valence-corrected chi connectivity index (χ3v) is 0.616. The maximum atomic E-state index is 10.1. The van der Waals surface area contributed by atoms with E-state index in [9.17, 15) is 4.79 Å². The molecule has 0 amide bonds. The van der Waals surface area contributed by atoms with E-state index in [1.807, 2.05) is 0 Å². The van der Waals surface area contributed by atoms with Crippen LogP contribution in [0.25, 0.3) is 0 Å². The lowest BCUT2D eigenvalue weighted by Gasteiger charge is -1.98. The minimum atomic E-state index is -1.95. The summed E-state index contributed by atoms with van der Waals surface area (Å²) in [5, 5.41) is 24.7. The van der Waals surface area contributed by atoms with Gasteiger partial charge in [-0.3, -0.25) is 4.79 Å². The average molecular weight is 132 g/mol. The summed E-state index contributed by atoms with van der Waals surface area (Å²) in [6, 6.07) is 0. The number of hydrogen-bond donors (Lipinski definition) is 3. The molecule has 0 atom stereocenters. The Kier molecular flexibility index (Phi) is 2.90. The van der Waals surface area contributed by atoms with Crippen LogP contribution in [0.3, 0.4) is 0 Å². The molecule has 0 aliphatic carbocycles. The van der Waals surface area contributed by atoms with E-state index in [-0.39, 0.29) is 0 Å². The van der Waals surface area contributed by atoms with Crippen molar-refractivity contribution in [3.8, 4) is 0 Å². The molecule has 0 radical (unpaired) electrons. The van der Waals surface area contributed by atoms with Crippen molar-refractivity contribution >= 4 is 5.78 Å². The number of ketones is 1. The van der Waals surface area contributed by atoms with Gasteiger partial charge in [0.1, 0.15) is 0 Å². The summed E-state index contributed by atoms with van der Waals surface area (Å²) in [7, 11) is 0. The van der Waals surface area contributed by atoms with Crippen molar-refractivity contribution in [2.24, 2.45) is 0 Å². The Bertz CT molecular complexity index is 136. The Balaban J connectivity index is 4.00. The first-order chi connectivity index (χ1) is 4.04. The van der Waals surface area contributed by atoms with Gasteiger partial charge in [-0.1, -0.05) is 0 Å². The van der Waals surface area contributed by atoms with E-state index in [0.29, 0.717) is 0 Å². The molecule has 0 aliphatic heterocycles. The molecule has 0 saturated heterocycles. The Morgan fingerprint density at radius 1 is 1.56 bits per heavy atom. The van der Waals surface area contributed by atoms with Gasteiger partial charge in [0.2, 0.25) is 6.29 Å². The van der Waals surface area contributed by atoms with Crippen molar-refractivity contribution in [1.82, 2.24) is 0 Å². The van der Waals surface area contributed by atoms with E-state index in [2.05, 4.69) is 0 Å². The Morgan fingerprint density at radius 3 is 2.11 bits per heavy atom. The number of rotatable bonds is 2. The molecule has 4 heteroatoms. The standard InChI is InChI=1S/C5H8O4/c1-3(6)2-4(7)5(8)9/h2,5,7-9H,1H3. The van der Waals surface area contributed by atoms with E-state index < -0.39 is 17.8 Å². The maximum Gasteiger partial charge on any atom is 0.211 e. The first-order valence-corrected chi connectivity index (χ1v) is 2.31. The van der Waals surface area contributed by atoms with Gasteiger partial charge in [-0.05, 0) is 6.92 Å². The molecular formula is C5H8O4. The zero-order valence-electron chi connectivity index (χ0n) is 4.90. The third-order valence-electron chi connectivity index (χ3n) is 0.616. The molecule has 0 aliphatic rings. The summed E-state index contributed by atoms with van der Waals surface area (Å²) in [6.45, 7) is 1.19. The average Bonchev–Trinajstić information content (AvgIpc) is 1.63. The van der Waals surface area contributed by atoms with Crippen molar-refractivity contribution in [3.63, 3.8) is 0 Å². The lowest BCUT2D eigenvalue weighted by atomic mass is 10.3. The van der Waals surface area contributed by atoms with Crippen LogP contribution in [-0.2, 0) is 4.79 Å². The largest absolute Gasteiger partial charge is 0.507 e. The molecule has 0 fully saturated rings. The summed E-state index contributed by atoms with van der Waals surface area (Å²) >= 11 is 0. The first-order valence-electron chi connectivity index (χ1n) is 2.31. The molecule has 0 bridgehead atoms. The SMILES string of the molecule is CC(=O)C=C(O)C(O)O. The van der Waals surface area contributed by atoms with Crippen molar-refractivity contribution in [3.05, 3.63) is 11.8 Å². The van der Waals surface area contributed by atoms with Crippen LogP contribution < -0.4 is 0 Å². The highest BCUT2D eigenvalue weighted by Gasteiger charge is 2.02. The van der Waals surface area contributed by atoms with Crippen LogP contribution in [0.5, 0.6) is 0 Å². The van der Waals surface area contributed by atoms with Gasteiger partial charge < -0.3 is 15.3 Å². The fraction of sp³-hybridized carbons (Fsp3) is 0.400. The highest BCUT2D eigenvalue weighted by Crippen LogP contribution is 1.92. The number of carbonyl (C=O) groups is 1. The number of aliphatic hydroxyl groups excluding tert-OH is 2. The van der Waals surface area contributed by atoms with Crippen molar-refractivity contribution in [2.45, 2.75) is 13.2 Å². The monoisotopic (exact) mass is 132 g/mol. The fourth-order valence-electron chi connectivity index (χ4n) is 0.283. The van der Waals surface area contributed by atoms with Gasteiger partial charge in [0.15, 0.2) is 11.5 Å². The van der Waals surface area contributed by atoms with Crippen LogP contribution in [-0.4, -0.2) is 27.4 Å². The molecule has 0 aromatic rings. The second-order valence-corrected chi connectivity index (χ2v) is 1.55. The number of hydrogen-bond acceptors (Lipinski definition) is 4. The van der Waals surface area contributed by atoms with Gasteiger partial charge in [-0.15, -0.1) is 0 Å². The van der Waals surface area contributed by atoms with Crippen LogP contribution >= 0.6 is 0 Å². The van der Waals surface area contributed by atoms with Crippen molar-refractivity contribution in [2.75, 3.05) is 0 Å². The summed E-state index contributed by atoms with van der Waals surface area (Å²) in [4.78, 5) is 10.1. The molecule has 0 heterocycles. The molecule has 9 heavy (non-hydrogen) atoms. The van der Waals surface area contributed by atoms with Crippen LogP contribution in [0.1, 0.15) is 6.92 Å². The number of aliphatic hydroxyl groups is 3. The van der Waals surface area contributed by atoms with Crippen LogP contribution in [0.4, 0.5) is 0 Å². The summed E-state index contributed by atoms with van der Waals surface area (Å²) in [5.74, 6) is -1.16. The molecule has 3 N–H and O–H groups in total. The van der Waals surface area contributed by atoms with E-state index >= 15 is 0 Å². The topological polar surface area (TPSA) is 77.8 Å². The van der Waals surface area contributed by atoms with Gasteiger partial charge in [0, 0.05) is 6.08 Å². The minimum absolute atomic E-state index is 0.430. The van der Waals surface area contributed by atoms with E-state index in [4.69, 9.17) is 15.3 Å². The Hall–Kier alpha value is -0.870. The zero-order valence-corrected chi connectivity index (χ0v) is 4.90. The minimum Gasteiger partial charge on any atom is -0.507 e. The smallest absolute Gasteiger partial charge is 0.211 e. The van der Waals surface area contributed by atoms with Gasteiger partial charge >= 0.3 is 0 Å². The second kappa shape index (κ2) is 3.21. The molecule has 0 aromatic heterocycles. The highest BCUT2D eigenvalue weighted by atomic mass is 16.5. The molecule has 4 nitrogen and oxygen atoms in total. The normalized spacial score (nSPS) is 12.2. The van der Waals surface area contributed by atoms with Gasteiger partial charge in [-0.25, -0.2) is 0 Å². The summed E-state index contributed by atoms with van der Waals surface area (Å²) in [6.07, 6.45) is -1.21. The van der Waals surface area contributed by atoms with Gasteiger partial charge in [0.05, 0.1) is 0 Å². The van der Waals surface area contributed by atoms with Gasteiger partial charge in [0.25, 0.3) is 0 Å². The lowest BCUT2D eigenvalue weighted by Crippen LogP contribution is -2.08. The molecule has 0 rings (SSSR count). The zero-order chi connectivity index (χ0) is 7.44. The maximum absolute atomic E-state index is 10.1. The molecule has 52 valence electrons. The predicted octanol–water partition coefficient (Wildman–Crippen LogP) is -0.672. The van der Waals surface area contributed by atoms with Crippen molar-refractivity contribution in [1.29, 1.82) is 0 Å². The van der Waals surface area contributed by atoms with E-state index in [0.717, 1.165) is 6.08 Å². The molecular weight excluding hydrogens is 124 g/mol. The van der Waals surface area contributed by atoms with Crippen molar-refractivity contribution < 1.29 is 20.1 Å². The van der Waals surface area contributed by atoms with Crippen LogP contribution in [0.2, 0.25) is 0 Å². The predicted molar refractivity (Wildman–Crippen MR) is 29.6 cm³/mol. The van der Waals surface area contributed by atoms with Crippen LogP contribution in [0.15, 0.2) is 11.8 Å². The first kappa shape index (κ1) is 8.13. The Morgan fingerprint density at radius 2 is 2.00 bits per heavy atom. The van der Waals surface area contributed by atoms with Crippen LogP contribution in [0, 0.1) is 0 Å². The number of allylic oxidation sites excluding steroid dienone is 1. The number of carbonyl (C=O) groups excluding carboxylic acids is 1. The Labute approximate surface area is 52.1 Å². The summed E-state index contributed by atoms with van der Waals surface area (Å²) < 4.78 is 0. The lowest BCUT2D eigenvalue weighted by molar-refractivity contribution is -0.113. The van der Waals surface area contributed by atoms with E-state index in [1.54, 1.807) is 0 Å². The summed E-state index contributed by atoms with van der Waals surface area (Å²) in [5.41, 5.74) is 0. The molecule has 0 unspecified atom stereocenters. The molecule has 0 saturated carbocycles.